The van der Waals surface area contributed by atoms with Crippen LogP contribution in [0.3, 0.4) is 0 Å². The first-order chi connectivity index (χ1) is 5.67. The lowest BCUT2D eigenvalue weighted by molar-refractivity contribution is 0.185. The van der Waals surface area contributed by atoms with Crippen LogP contribution >= 0.6 is 0 Å². The van der Waals surface area contributed by atoms with Crippen molar-refractivity contribution in [2.45, 2.75) is 66.0 Å². The highest BCUT2D eigenvalue weighted by Crippen LogP contribution is 2.14. The average molecular weight is 170 g/mol. The predicted molar refractivity (Wildman–Crippen MR) is 55.9 cm³/mol. The molecule has 0 aliphatic rings. The fourth-order valence-corrected chi connectivity index (χ4v) is 1.43. The van der Waals surface area contributed by atoms with Crippen molar-refractivity contribution in [2.75, 3.05) is 0 Å². The largest absolute Gasteiger partial charge is 0.294 e. The van der Waals surface area contributed by atoms with Crippen molar-refractivity contribution < 1.29 is 0 Å². The zero-order valence-corrected chi connectivity index (χ0v) is 9.30. The van der Waals surface area contributed by atoms with Crippen LogP contribution in [0.15, 0.2) is 0 Å². The van der Waals surface area contributed by atoms with Gasteiger partial charge in [0.25, 0.3) is 0 Å². The molecule has 0 aliphatic heterocycles. The second kappa shape index (κ2) is 6.47. The van der Waals surface area contributed by atoms with Gasteiger partial charge < -0.3 is 0 Å². The lowest BCUT2D eigenvalue weighted by Gasteiger charge is -2.32. The van der Waals surface area contributed by atoms with Gasteiger partial charge in [0.1, 0.15) is 0 Å². The van der Waals surface area contributed by atoms with Gasteiger partial charge in [0, 0.05) is 18.6 Å². The van der Waals surface area contributed by atoms with Gasteiger partial charge in [-0.1, -0.05) is 20.8 Å². The first-order valence-electron chi connectivity index (χ1n) is 5.28. The summed E-state index contributed by atoms with van der Waals surface area (Å²) < 4.78 is 0. The van der Waals surface area contributed by atoms with Gasteiger partial charge in [-0.05, 0) is 33.1 Å². The lowest BCUT2D eigenvalue weighted by Crippen LogP contribution is -2.37. The van der Waals surface area contributed by atoms with E-state index in [0.717, 1.165) is 6.42 Å². The van der Waals surface area contributed by atoms with Crippen molar-refractivity contribution in [1.29, 1.82) is 0 Å². The average Bonchev–Trinajstić information content (AvgIpc) is 2.11. The van der Waals surface area contributed by atoms with E-state index < -0.39 is 0 Å². The summed E-state index contributed by atoms with van der Waals surface area (Å²) in [5, 5.41) is 0. The standard InChI is InChI=1S/C11H24N/c1-6-9-12(10(4)7-2)11(5)8-3/h9-11H,6-8H2,1-5H3. The third-order valence-corrected chi connectivity index (χ3v) is 2.59. The molecule has 2 unspecified atom stereocenters. The van der Waals surface area contributed by atoms with Crippen molar-refractivity contribution in [3.05, 3.63) is 6.54 Å². The van der Waals surface area contributed by atoms with Gasteiger partial charge in [0.2, 0.25) is 0 Å². The van der Waals surface area contributed by atoms with Gasteiger partial charge in [-0.3, -0.25) is 4.90 Å². The summed E-state index contributed by atoms with van der Waals surface area (Å²) in [5.41, 5.74) is 0. The van der Waals surface area contributed by atoms with Crippen LogP contribution in [0.2, 0.25) is 0 Å². The molecule has 0 spiro atoms. The van der Waals surface area contributed by atoms with Crippen molar-refractivity contribution in [2.24, 2.45) is 0 Å². The summed E-state index contributed by atoms with van der Waals surface area (Å²) in [4.78, 5) is 2.50. The Kier molecular flexibility index (Phi) is 6.45. The Bertz CT molecular complexity index is 91.2. The maximum absolute atomic E-state index is 2.50. The van der Waals surface area contributed by atoms with Crippen LogP contribution in [0.5, 0.6) is 0 Å². The molecular weight excluding hydrogens is 146 g/mol. The van der Waals surface area contributed by atoms with Crippen LogP contribution in [-0.4, -0.2) is 17.0 Å². The van der Waals surface area contributed by atoms with E-state index in [0.29, 0.717) is 12.1 Å². The van der Waals surface area contributed by atoms with E-state index in [1.807, 2.05) is 0 Å². The van der Waals surface area contributed by atoms with Crippen molar-refractivity contribution in [3.8, 4) is 0 Å². The number of hydrogen-bond acceptors (Lipinski definition) is 1. The Morgan fingerprint density at radius 1 is 1.00 bits per heavy atom. The van der Waals surface area contributed by atoms with Crippen LogP contribution in [0.25, 0.3) is 0 Å². The topological polar surface area (TPSA) is 3.24 Å². The summed E-state index contributed by atoms with van der Waals surface area (Å²) in [6, 6.07) is 1.39. The Labute approximate surface area is 78.1 Å². The van der Waals surface area contributed by atoms with Gasteiger partial charge in [-0.2, -0.15) is 0 Å². The molecule has 1 heteroatoms. The smallest absolute Gasteiger partial charge is 0.0254 e. The van der Waals surface area contributed by atoms with E-state index in [-0.39, 0.29) is 0 Å². The van der Waals surface area contributed by atoms with E-state index in [1.165, 1.54) is 12.8 Å². The fraction of sp³-hybridized carbons (Fsp3) is 0.909. The molecule has 0 bridgehead atoms. The first kappa shape index (κ1) is 12.0. The highest BCUT2D eigenvalue weighted by Gasteiger charge is 2.16. The molecule has 0 saturated heterocycles. The number of rotatable bonds is 6. The minimum Gasteiger partial charge on any atom is -0.294 e. The quantitative estimate of drug-likeness (QED) is 0.590. The van der Waals surface area contributed by atoms with Gasteiger partial charge in [-0.15, -0.1) is 0 Å². The van der Waals surface area contributed by atoms with E-state index in [1.54, 1.807) is 0 Å². The van der Waals surface area contributed by atoms with Gasteiger partial charge in [0.05, 0.1) is 0 Å². The second-order valence-corrected chi connectivity index (χ2v) is 3.55. The van der Waals surface area contributed by atoms with E-state index >= 15 is 0 Å². The Morgan fingerprint density at radius 3 is 1.67 bits per heavy atom. The molecule has 12 heavy (non-hydrogen) atoms. The lowest BCUT2D eigenvalue weighted by atomic mass is 10.1. The second-order valence-electron chi connectivity index (χ2n) is 3.55. The van der Waals surface area contributed by atoms with Crippen molar-refractivity contribution >= 4 is 0 Å². The van der Waals surface area contributed by atoms with Crippen LogP contribution < -0.4 is 0 Å². The molecule has 0 N–H and O–H groups in total. The summed E-state index contributed by atoms with van der Waals surface area (Å²) in [5.74, 6) is 0. The van der Waals surface area contributed by atoms with Crippen LogP contribution in [-0.2, 0) is 0 Å². The van der Waals surface area contributed by atoms with Crippen molar-refractivity contribution in [1.82, 2.24) is 4.90 Å². The molecule has 0 saturated carbocycles. The third kappa shape index (κ3) is 3.57. The molecule has 0 aromatic heterocycles. The normalized spacial score (nSPS) is 16.5. The minimum atomic E-state index is 0.694. The Morgan fingerprint density at radius 2 is 1.42 bits per heavy atom. The maximum atomic E-state index is 2.50. The summed E-state index contributed by atoms with van der Waals surface area (Å²) in [7, 11) is 0. The molecule has 0 aromatic rings. The number of nitrogens with zero attached hydrogens (tertiary/aromatic N) is 1. The maximum Gasteiger partial charge on any atom is 0.0254 e. The van der Waals surface area contributed by atoms with Crippen LogP contribution in [0.1, 0.15) is 53.9 Å². The summed E-state index contributed by atoms with van der Waals surface area (Å²) in [6.07, 6.45) is 3.62. The molecular formula is C11H24N. The molecule has 1 nitrogen and oxygen atoms in total. The van der Waals surface area contributed by atoms with E-state index in [4.69, 9.17) is 0 Å². The minimum absolute atomic E-state index is 0.694. The monoisotopic (exact) mass is 170 g/mol. The Hall–Kier alpha value is -0.0400. The molecule has 1 radical (unpaired) electrons. The molecule has 0 amide bonds. The van der Waals surface area contributed by atoms with E-state index in [2.05, 4.69) is 46.1 Å². The van der Waals surface area contributed by atoms with Gasteiger partial charge >= 0.3 is 0 Å². The molecule has 0 rings (SSSR count). The van der Waals surface area contributed by atoms with Crippen LogP contribution in [0, 0.1) is 6.54 Å². The summed E-state index contributed by atoms with van der Waals surface area (Å²) >= 11 is 0. The third-order valence-electron chi connectivity index (χ3n) is 2.59. The first-order valence-corrected chi connectivity index (χ1v) is 5.28. The summed E-state index contributed by atoms with van der Waals surface area (Å²) in [6.45, 7) is 13.7. The highest BCUT2D eigenvalue weighted by atomic mass is 15.2. The van der Waals surface area contributed by atoms with Crippen molar-refractivity contribution in [3.63, 3.8) is 0 Å². The van der Waals surface area contributed by atoms with Gasteiger partial charge in [-0.25, -0.2) is 0 Å². The fourth-order valence-electron chi connectivity index (χ4n) is 1.43. The zero-order valence-electron chi connectivity index (χ0n) is 9.30. The Balaban J connectivity index is 4.01. The molecule has 73 valence electrons. The molecule has 0 heterocycles. The molecule has 0 aliphatic carbocycles. The molecule has 0 aromatic carbocycles. The molecule has 0 fully saturated rings. The van der Waals surface area contributed by atoms with E-state index in [9.17, 15) is 0 Å². The number of hydrogen-bond donors (Lipinski definition) is 0. The highest BCUT2D eigenvalue weighted by molar-refractivity contribution is 4.78. The zero-order chi connectivity index (χ0) is 9.56. The molecule has 2 atom stereocenters. The van der Waals surface area contributed by atoms with Crippen LogP contribution in [0.4, 0.5) is 0 Å². The van der Waals surface area contributed by atoms with Gasteiger partial charge in [0.15, 0.2) is 0 Å². The predicted octanol–water partition coefficient (Wildman–Crippen LogP) is 3.46. The SMILES string of the molecule is CC[CH]N(C(C)CC)C(C)CC.